The molecular formula is C21H23N5O2. The van der Waals surface area contributed by atoms with Gasteiger partial charge < -0.3 is 15.5 Å². The molecule has 0 spiro atoms. The highest BCUT2D eigenvalue weighted by molar-refractivity contribution is 6.07. The molecule has 3 rings (SSSR count). The van der Waals surface area contributed by atoms with Gasteiger partial charge in [0.25, 0.3) is 5.91 Å². The number of anilines is 2. The number of amides is 2. The number of carbonyl (C=O) groups excluding carboxylic acids is 2. The first-order valence-electron chi connectivity index (χ1n) is 8.92. The molecule has 2 amide bonds. The highest BCUT2D eigenvalue weighted by Gasteiger charge is 2.13. The summed E-state index contributed by atoms with van der Waals surface area (Å²) in [5.41, 5.74) is 2.65. The van der Waals surface area contributed by atoms with Gasteiger partial charge in [-0.1, -0.05) is 42.5 Å². The third-order valence-corrected chi connectivity index (χ3v) is 3.99. The number of rotatable bonds is 7. The Bertz CT molecular complexity index is 950. The second-order valence-corrected chi connectivity index (χ2v) is 6.70. The molecule has 0 radical (unpaired) electrons. The van der Waals surface area contributed by atoms with Crippen LogP contribution in [0.15, 0.2) is 67.0 Å². The third-order valence-electron chi connectivity index (χ3n) is 3.99. The lowest BCUT2D eigenvalue weighted by Gasteiger charge is -2.13. The lowest BCUT2D eigenvalue weighted by atomic mass is 10.2. The number of aromatic nitrogens is 2. The minimum absolute atomic E-state index is 0.151. The topological polar surface area (TPSA) is 79.3 Å². The second kappa shape index (κ2) is 8.96. The lowest BCUT2D eigenvalue weighted by molar-refractivity contribution is -0.116. The molecule has 0 unspecified atom stereocenters. The zero-order valence-electron chi connectivity index (χ0n) is 15.9. The smallest absolute Gasteiger partial charge is 0.258 e. The summed E-state index contributed by atoms with van der Waals surface area (Å²) in [6.07, 6.45) is 3.24. The molecule has 0 fully saturated rings. The van der Waals surface area contributed by atoms with Crippen molar-refractivity contribution in [2.75, 3.05) is 31.3 Å². The average Bonchev–Trinajstić information content (AvgIpc) is 3.12. The van der Waals surface area contributed by atoms with E-state index in [0.717, 1.165) is 5.56 Å². The molecule has 144 valence electrons. The van der Waals surface area contributed by atoms with Crippen LogP contribution in [0.1, 0.15) is 15.9 Å². The van der Waals surface area contributed by atoms with Gasteiger partial charge in [-0.25, -0.2) is 0 Å². The summed E-state index contributed by atoms with van der Waals surface area (Å²) in [4.78, 5) is 26.4. The van der Waals surface area contributed by atoms with Crippen LogP contribution < -0.4 is 10.6 Å². The van der Waals surface area contributed by atoms with E-state index in [9.17, 15) is 9.59 Å². The van der Waals surface area contributed by atoms with Crippen molar-refractivity contribution in [1.29, 1.82) is 0 Å². The fourth-order valence-electron chi connectivity index (χ4n) is 2.71. The molecular weight excluding hydrogens is 354 g/mol. The maximum absolute atomic E-state index is 12.6. The van der Waals surface area contributed by atoms with Crippen LogP contribution in [0.2, 0.25) is 0 Å². The molecule has 3 aromatic rings. The summed E-state index contributed by atoms with van der Waals surface area (Å²) in [6.45, 7) is 0.847. The molecule has 0 aliphatic heterocycles. The molecule has 0 atom stereocenters. The van der Waals surface area contributed by atoms with Crippen LogP contribution in [0.4, 0.5) is 11.4 Å². The van der Waals surface area contributed by atoms with Crippen molar-refractivity contribution in [3.8, 4) is 0 Å². The first-order chi connectivity index (χ1) is 13.5. The number of hydrogen-bond acceptors (Lipinski definition) is 4. The monoisotopic (exact) mass is 377 g/mol. The van der Waals surface area contributed by atoms with Gasteiger partial charge in [-0.05, 0) is 31.8 Å². The van der Waals surface area contributed by atoms with Gasteiger partial charge in [-0.15, -0.1) is 0 Å². The van der Waals surface area contributed by atoms with Gasteiger partial charge in [0.15, 0.2) is 0 Å². The van der Waals surface area contributed by atoms with Gasteiger partial charge in [0.2, 0.25) is 5.91 Å². The van der Waals surface area contributed by atoms with Crippen LogP contribution in [-0.2, 0) is 11.3 Å². The summed E-state index contributed by atoms with van der Waals surface area (Å²) in [5.74, 6) is -0.434. The van der Waals surface area contributed by atoms with Crippen molar-refractivity contribution in [3.05, 3.63) is 78.1 Å². The molecule has 0 saturated carbocycles. The molecule has 2 N–H and O–H groups in total. The van der Waals surface area contributed by atoms with E-state index in [1.807, 2.05) is 44.4 Å². The van der Waals surface area contributed by atoms with E-state index in [1.165, 1.54) is 6.20 Å². The van der Waals surface area contributed by atoms with E-state index in [0.29, 0.717) is 23.5 Å². The number of nitrogens with one attached hydrogen (secondary N) is 2. The largest absolute Gasteiger partial charge is 0.323 e. The Kier molecular flexibility index (Phi) is 6.18. The minimum Gasteiger partial charge on any atom is -0.323 e. The summed E-state index contributed by atoms with van der Waals surface area (Å²) in [7, 11) is 3.64. The molecule has 7 heteroatoms. The van der Waals surface area contributed by atoms with Crippen LogP contribution in [0.3, 0.4) is 0 Å². The molecule has 0 aliphatic carbocycles. The van der Waals surface area contributed by atoms with Crippen LogP contribution >= 0.6 is 0 Å². The van der Waals surface area contributed by atoms with Gasteiger partial charge in [0.1, 0.15) is 0 Å². The molecule has 28 heavy (non-hydrogen) atoms. The summed E-state index contributed by atoms with van der Waals surface area (Å²) in [6, 6.07) is 17.0. The van der Waals surface area contributed by atoms with E-state index in [2.05, 4.69) is 15.7 Å². The number of nitrogens with zero attached hydrogens (tertiary/aromatic N) is 3. The Labute approximate surface area is 164 Å². The van der Waals surface area contributed by atoms with Gasteiger partial charge in [-0.3, -0.25) is 14.3 Å². The van der Waals surface area contributed by atoms with Crippen molar-refractivity contribution in [1.82, 2.24) is 14.7 Å². The fraction of sp³-hybridized carbons (Fsp3) is 0.190. The Balaban J connectivity index is 1.67. The first-order valence-corrected chi connectivity index (χ1v) is 8.92. The number of hydrogen-bond donors (Lipinski definition) is 2. The zero-order valence-corrected chi connectivity index (χ0v) is 15.9. The number of benzene rings is 2. The lowest BCUT2D eigenvalue weighted by Crippen LogP contribution is -2.27. The number of likely N-dealkylation sites (N-methyl/N-ethyl adjacent to an activating group) is 1. The molecule has 1 aromatic heterocycles. The van der Waals surface area contributed by atoms with Crippen molar-refractivity contribution in [2.24, 2.45) is 0 Å². The molecule has 1 heterocycles. The predicted octanol–water partition coefficient (Wildman–Crippen LogP) is 2.68. The standard InChI is InChI=1S/C21H23N5O2/c1-25(2)15-20(27)23-18-10-6-7-11-19(18)24-21(28)17-12-22-26(14-17)13-16-8-4-3-5-9-16/h3-12,14H,13,15H2,1-2H3,(H,23,27)(H,24,28). The van der Waals surface area contributed by atoms with Crippen LogP contribution in [0.25, 0.3) is 0 Å². The van der Waals surface area contributed by atoms with E-state index < -0.39 is 0 Å². The highest BCUT2D eigenvalue weighted by Crippen LogP contribution is 2.21. The van der Waals surface area contributed by atoms with Crippen molar-refractivity contribution >= 4 is 23.2 Å². The highest BCUT2D eigenvalue weighted by atomic mass is 16.2. The summed E-state index contributed by atoms with van der Waals surface area (Å²) >= 11 is 0. The maximum Gasteiger partial charge on any atom is 0.258 e. The third kappa shape index (κ3) is 5.28. The molecule has 7 nitrogen and oxygen atoms in total. The van der Waals surface area contributed by atoms with E-state index >= 15 is 0 Å². The molecule has 2 aromatic carbocycles. The van der Waals surface area contributed by atoms with Crippen molar-refractivity contribution in [3.63, 3.8) is 0 Å². The van der Waals surface area contributed by atoms with Crippen molar-refractivity contribution in [2.45, 2.75) is 6.54 Å². The normalized spacial score (nSPS) is 10.7. The zero-order chi connectivity index (χ0) is 19.9. The summed E-state index contributed by atoms with van der Waals surface area (Å²) < 4.78 is 1.72. The van der Waals surface area contributed by atoms with Crippen LogP contribution in [0, 0.1) is 0 Å². The van der Waals surface area contributed by atoms with Crippen molar-refractivity contribution < 1.29 is 9.59 Å². The van der Waals surface area contributed by atoms with E-state index in [-0.39, 0.29) is 18.4 Å². The minimum atomic E-state index is -0.284. The maximum atomic E-state index is 12.6. The van der Waals surface area contributed by atoms with Gasteiger partial charge >= 0.3 is 0 Å². The number of carbonyl (C=O) groups is 2. The average molecular weight is 377 g/mol. The van der Waals surface area contributed by atoms with Gasteiger partial charge in [0, 0.05) is 6.20 Å². The molecule has 0 saturated heterocycles. The molecule has 0 aliphatic rings. The van der Waals surface area contributed by atoms with Gasteiger partial charge in [0.05, 0.1) is 36.2 Å². The predicted molar refractivity (Wildman–Crippen MR) is 109 cm³/mol. The quantitative estimate of drug-likeness (QED) is 0.664. The first kappa shape index (κ1) is 19.3. The van der Waals surface area contributed by atoms with E-state index in [1.54, 1.807) is 40.0 Å². The Morgan fingerprint density at radius 3 is 2.29 bits per heavy atom. The SMILES string of the molecule is CN(C)CC(=O)Nc1ccccc1NC(=O)c1cnn(Cc2ccccc2)c1. The number of para-hydroxylation sites is 2. The Morgan fingerprint density at radius 2 is 1.61 bits per heavy atom. The van der Waals surface area contributed by atoms with Crippen LogP contribution in [0.5, 0.6) is 0 Å². The Morgan fingerprint density at radius 1 is 0.964 bits per heavy atom. The van der Waals surface area contributed by atoms with Gasteiger partial charge in [-0.2, -0.15) is 5.10 Å². The summed E-state index contributed by atoms with van der Waals surface area (Å²) in [5, 5.41) is 9.92. The Hall–Kier alpha value is -3.45. The van der Waals surface area contributed by atoms with Crippen LogP contribution in [-0.4, -0.2) is 47.1 Å². The fourth-order valence-corrected chi connectivity index (χ4v) is 2.71. The second-order valence-electron chi connectivity index (χ2n) is 6.70. The molecule has 0 bridgehead atoms. The van der Waals surface area contributed by atoms with E-state index in [4.69, 9.17) is 0 Å².